The molecule has 0 saturated carbocycles. The monoisotopic (exact) mass is 281 g/mol. The average molecular weight is 281 g/mol. The maximum absolute atomic E-state index is 12.0. The topological polar surface area (TPSA) is 52.3 Å². The van der Waals surface area contributed by atoms with Gasteiger partial charge in [-0.2, -0.15) is 0 Å². The summed E-state index contributed by atoms with van der Waals surface area (Å²) in [6.45, 7) is 0. The van der Waals surface area contributed by atoms with Crippen LogP contribution in [0, 0.1) is 0 Å². The van der Waals surface area contributed by atoms with E-state index in [0.717, 1.165) is 0 Å². The molecule has 0 amide bonds. The van der Waals surface area contributed by atoms with E-state index in [1.54, 1.807) is 18.2 Å². The molecule has 20 heavy (non-hydrogen) atoms. The lowest BCUT2D eigenvalue weighted by Gasteiger charge is -2.10. The van der Waals surface area contributed by atoms with Gasteiger partial charge in [0.25, 0.3) is 0 Å². The van der Waals surface area contributed by atoms with Gasteiger partial charge in [0, 0.05) is 11.3 Å². The van der Waals surface area contributed by atoms with E-state index in [2.05, 4.69) is 4.74 Å². The highest BCUT2D eigenvalue weighted by molar-refractivity contribution is 5.85. The fraction of sp³-hybridized carbons (Fsp3) is 0.0714. The van der Waals surface area contributed by atoms with Crippen LogP contribution in [0.5, 0.6) is 5.75 Å². The number of hydrogen-bond donors (Lipinski definition) is 1. The summed E-state index contributed by atoms with van der Waals surface area (Å²) in [6.07, 6.45) is -4.07. The molecule has 0 aliphatic rings. The van der Waals surface area contributed by atoms with Crippen molar-refractivity contribution < 1.29 is 22.7 Å². The number of hydrogen-bond acceptors (Lipinski definition) is 3. The minimum Gasteiger partial charge on any atom is -0.406 e. The van der Waals surface area contributed by atoms with Gasteiger partial charge in [0.2, 0.25) is 0 Å². The van der Waals surface area contributed by atoms with Crippen molar-refractivity contribution in [1.29, 1.82) is 0 Å². The van der Waals surface area contributed by atoms with E-state index in [0.29, 0.717) is 28.7 Å². The first-order chi connectivity index (χ1) is 9.39. The number of rotatable bonds is 3. The SMILES string of the molecule is Nc1cc(-c2ccc(OC(F)(F)F)cc2)ccc1C=O. The van der Waals surface area contributed by atoms with Crippen LogP contribution in [0.4, 0.5) is 18.9 Å². The summed E-state index contributed by atoms with van der Waals surface area (Å²) < 4.78 is 39.9. The van der Waals surface area contributed by atoms with Crippen molar-refractivity contribution in [3.63, 3.8) is 0 Å². The minimum absolute atomic E-state index is 0.293. The van der Waals surface area contributed by atoms with Gasteiger partial charge in [-0.1, -0.05) is 18.2 Å². The second-order valence-corrected chi connectivity index (χ2v) is 4.03. The normalized spacial score (nSPS) is 11.2. The molecule has 104 valence electrons. The summed E-state index contributed by atoms with van der Waals surface area (Å²) in [6, 6.07) is 10.2. The molecule has 0 radical (unpaired) electrons. The maximum Gasteiger partial charge on any atom is 0.573 e. The van der Waals surface area contributed by atoms with Crippen LogP contribution in [0.3, 0.4) is 0 Å². The quantitative estimate of drug-likeness (QED) is 0.690. The van der Waals surface area contributed by atoms with Gasteiger partial charge in [0.05, 0.1) is 0 Å². The number of ether oxygens (including phenoxy) is 1. The highest BCUT2D eigenvalue weighted by atomic mass is 19.4. The molecule has 2 aromatic rings. The summed E-state index contributed by atoms with van der Waals surface area (Å²) in [5.41, 5.74) is 7.73. The molecule has 0 aliphatic heterocycles. The molecule has 0 heterocycles. The molecule has 2 aromatic carbocycles. The number of halogens is 3. The van der Waals surface area contributed by atoms with Crippen molar-refractivity contribution in [3.05, 3.63) is 48.0 Å². The van der Waals surface area contributed by atoms with Crippen LogP contribution in [0.2, 0.25) is 0 Å². The number of benzene rings is 2. The van der Waals surface area contributed by atoms with E-state index in [-0.39, 0.29) is 5.75 Å². The first-order valence-corrected chi connectivity index (χ1v) is 5.60. The van der Waals surface area contributed by atoms with Crippen LogP contribution in [-0.4, -0.2) is 12.6 Å². The largest absolute Gasteiger partial charge is 0.573 e. The van der Waals surface area contributed by atoms with Gasteiger partial charge in [0.1, 0.15) is 5.75 Å². The van der Waals surface area contributed by atoms with Gasteiger partial charge < -0.3 is 10.5 Å². The Kier molecular flexibility index (Phi) is 3.65. The second-order valence-electron chi connectivity index (χ2n) is 4.03. The van der Waals surface area contributed by atoms with Crippen LogP contribution < -0.4 is 10.5 Å². The summed E-state index contributed by atoms with van der Waals surface area (Å²) >= 11 is 0. The lowest BCUT2D eigenvalue weighted by atomic mass is 10.0. The number of carbonyl (C=O) groups excluding carboxylic acids is 1. The Balaban J connectivity index is 2.26. The Morgan fingerprint density at radius 1 is 1.00 bits per heavy atom. The number of nitrogen functional groups attached to an aromatic ring is 1. The van der Waals surface area contributed by atoms with E-state index in [1.807, 2.05) is 0 Å². The molecule has 2 rings (SSSR count). The smallest absolute Gasteiger partial charge is 0.406 e. The van der Waals surface area contributed by atoms with Crippen molar-refractivity contribution in [1.82, 2.24) is 0 Å². The van der Waals surface area contributed by atoms with Crippen LogP contribution in [0.15, 0.2) is 42.5 Å². The number of alkyl halides is 3. The van der Waals surface area contributed by atoms with Crippen LogP contribution >= 0.6 is 0 Å². The van der Waals surface area contributed by atoms with Gasteiger partial charge >= 0.3 is 6.36 Å². The molecule has 0 unspecified atom stereocenters. The fourth-order valence-electron chi connectivity index (χ4n) is 1.71. The molecule has 2 N–H and O–H groups in total. The molecule has 6 heteroatoms. The van der Waals surface area contributed by atoms with Gasteiger partial charge in [-0.3, -0.25) is 4.79 Å². The Bertz CT molecular complexity index is 621. The predicted molar refractivity (Wildman–Crippen MR) is 68.4 cm³/mol. The van der Waals surface area contributed by atoms with E-state index < -0.39 is 6.36 Å². The van der Waals surface area contributed by atoms with E-state index in [1.165, 1.54) is 24.3 Å². The molecule has 0 spiro atoms. The number of anilines is 1. The van der Waals surface area contributed by atoms with E-state index in [4.69, 9.17) is 5.73 Å². The van der Waals surface area contributed by atoms with Crippen LogP contribution in [-0.2, 0) is 0 Å². The molecule has 0 atom stereocenters. The maximum atomic E-state index is 12.0. The molecule has 0 aliphatic carbocycles. The summed E-state index contributed by atoms with van der Waals surface area (Å²) in [5, 5.41) is 0. The number of nitrogens with two attached hydrogens (primary N) is 1. The molecule has 3 nitrogen and oxygen atoms in total. The first kappa shape index (κ1) is 13.9. The molecule has 0 aromatic heterocycles. The Morgan fingerprint density at radius 2 is 1.60 bits per heavy atom. The van der Waals surface area contributed by atoms with Crippen LogP contribution in [0.1, 0.15) is 10.4 Å². The first-order valence-electron chi connectivity index (χ1n) is 5.60. The molecule has 0 bridgehead atoms. The van der Waals surface area contributed by atoms with Crippen molar-refractivity contribution in [2.24, 2.45) is 0 Å². The molecular weight excluding hydrogens is 271 g/mol. The van der Waals surface area contributed by atoms with Crippen molar-refractivity contribution >= 4 is 12.0 Å². The van der Waals surface area contributed by atoms with Gasteiger partial charge in [-0.05, 0) is 35.4 Å². The van der Waals surface area contributed by atoms with Crippen LogP contribution in [0.25, 0.3) is 11.1 Å². The Morgan fingerprint density at radius 3 is 2.10 bits per heavy atom. The standard InChI is InChI=1S/C14H10F3NO2/c15-14(16,17)20-12-5-3-9(4-6-12)10-1-2-11(8-19)13(18)7-10/h1-8H,18H2. The zero-order valence-corrected chi connectivity index (χ0v) is 10.1. The van der Waals surface area contributed by atoms with Gasteiger partial charge in [-0.15, -0.1) is 13.2 Å². The zero-order chi connectivity index (χ0) is 14.8. The highest BCUT2D eigenvalue weighted by Crippen LogP contribution is 2.27. The molecular formula is C14H10F3NO2. The van der Waals surface area contributed by atoms with Gasteiger partial charge in [0.15, 0.2) is 6.29 Å². The third-order valence-corrected chi connectivity index (χ3v) is 2.63. The summed E-state index contributed by atoms with van der Waals surface area (Å²) in [5.74, 6) is -0.293. The average Bonchev–Trinajstić information content (AvgIpc) is 2.37. The predicted octanol–water partition coefficient (Wildman–Crippen LogP) is 3.65. The van der Waals surface area contributed by atoms with Crippen molar-refractivity contribution in [2.45, 2.75) is 6.36 Å². The molecule has 0 saturated heterocycles. The Labute approximate surface area is 112 Å². The number of carbonyl (C=O) groups is 1. The van der Waals surface area contributed by atoms with Crippen molar-refractivity contribution in [3.8, 4) is 16.9 Å². The lowest BCUT2D eigenvalue weighted by molar-refractivity contribution is -0.274. The molecule has 0 fully saturated rings. The Hall–Kier alpha value is -2.50. The summed E-state index contributed by atoms with van der Waals surface area (Å²) in [7, 11) is 0. The zero-order valence-electron chi connectivity index (χ0n) is 10.1. The highest BCUT2D eigenvalue weighted by Gasteiger charge is 2.30. The van der Waals surface area contributed by atoms with E-state index in [9.17, 15) is 18.0 Å². The van der Waals surface area contributed by atoms with Gasteiger partial charge in [-0.25, -0.2) is 0 Å². The number of aldehydes is 1. The summed E-state index contributed by atoms with van der Waals surface area (Å²) in [4.78, 5) is 10.6. The second kappa shape index (κ2) is 5.24. The third kappa shape index (κ3) is 3.28. The van der Waals surface area contributed by atoms with E-state index >= 15 is 0 Å². The lowest BCUT2D eigenvalue weighted by Crippen LogP contribution is -2.16. The fourth-order valence-corrected chi connectivity index (χ4v) is 1.71. The van der Waals surface area contributed by atoms with Crippen molar-refractivity contribution in [2.75, 3.05) is 5.73 Å². The minimum atomic E-state index is -4.71. The third-order valence-electron chi connectivity index (χ3n) is 2.63.